The Morgan fingerprint density at radius 2 is 1.87 bits per heavy atom. The summed E-state index contributed by atoms with van der Waals surface area (Å²) < 4.78 is 1.17. The molecule has 2 heteroatoms. The first kappa shape index (κ1) is 9.86. The zero-order chi connectivity index (χ0) is 10.7. The summed E-state index contributed by atoms with van der Waals surface area (Å²) >= 11 is 3.52. The van der Waals surface area contributed by atoms with E-state index in [4.69, 9.17) is 5.73 Å². The quantitative estimate of drug-likeness (QED) is 0.873. The summed E-state index contributed by atoms with van der Waals surface area (Å²) in [6.07, 6.45) is 4.99. The summed E-state index contributed by atoms with van der Waals surface area (Å²) in [6, 6.07) is 6.62. The maximum Gasteiger partial charge on any atom is 0.0253 e. The molecule has 3 rings (SSSR count). The van der Waals surface area contributed by atoms with Crippen LogP contribution in [0.4, 0.5) is 0 Å². The van der Waals surface area contributed by atoms with E-state index >= 15 is 0 Å². The van der Waals surface area contributed by atoms with Crippen molar-refractivity contribution in [2.24, 2.45) is 5.73 Å². The zero-order valence-electron chi connectivity index (χ0n) is 9.02. The second-order valence-electron chi connectivity index (χ2n) is 5.20. The molecule has 15 heavy (non-hydrogen) atoms. The molecule has 2 fully saturated rings. The van der Waals surface area contributed by atoms with Gasteiger partial charge in [-0.3, -0.25) is 0 Å². The minimum Gasteiger partial charge on any atom is -0.324 e. The number of aryl methyl sites for hydroxylation is 1. The first-order valence-corrected chi connectivity index (χ1v) is 6.42. The lowest BCUT2D eigenvalue weighted by Gasteiger charge is -2.25. The highest BCUT2D eigenvalue weighted by Crippen LogP contribution is 2.64. The summed E-state index contributed by atoms with van der Waals surface area (Å²) in [7, 11) is 0. The van der Waals surface area contributed by atoms with Crippen LogP contribution in [-0.4, -0.2) is 5.54 Å². The molecule has 80 valence electrons. The Hall–Kier alpha value is -0.340. The molecule has 2 saturated carbocycles. The zero-order valence-corrected chi connectivity index (χ0v) is 10.6. The first-order valence-electron chi connectivity index (χ1n) is 5.63. The Balaban J connectivity index is 2.06. The minimum atomic E-state index is 0.131. The van der Waals surface area contributed by atoms with E-state index in [-0.39, 0.29) is 5.54 Å². The van der Waals surface area contributed by atoms with Gasteiger partial charge in [-0.1, -0.05) is 22.0 Å². The second-order valence-corrected chi connectivity index (χ2v) is 6.11. The number of hydrogen-bond acceptors (Lipinski definition) is 1. The summed E-state index contributed by atoms with van der Waals surface area (Å²) in [4.78, 5) is 0. The van der Waals surface area contributed by atoms with E-state index in [1.54, 1.807) is 0 Å². The van der Waals surface area contributed by atoms with Gasteiger partial charge in [0.2, 0.25) is 0 Å². The van der Waals surface area contributed by atoms with Gasteiger partial charge in [0.1, 0.15) is 0 Å². The number of hydrogen-bond donors (Lipinski definition) is 1. The van der Waals surface area contributed by atoms with Gasteiger partial charge in [0, 0.05) is 15.4 Å². The van der Waals surface area contributed by atoms with Crippen molar-refractivity contribution in [3.05, 3.63) is 33.8 Å². The van der Waals surface area contributed by atoms with Crippen LogP contribution in [0.25, 0.3) is 0 Å². The van der Waals surface area contributed by atoms with Gasteiger partial charge in [-0.25, -0.2) is 0 Å². The molecular formula is C13H16BrN. The molecule has 2 aliphatic carbocycles. The predicted molar refractivity (Wildman–Crippen MR) is 65.9 cm³/mol. The van der Waals surface area contributed by atoms with Crippen molar-refractivity contribution in [1.82, 2.24) is 0 Å². The third-order valence-corrected chi connectivity index (χ3v) is 4.69. The Labute approximate surface area is 99.2 Å². The molecule has 0 aromatic heterocycles. The van der Waals surface area contributed by atoms with Crippen LogP contribution in [0.15, 0.2) is 22.7 Å². The fraction of sp³-hybridized carbons (Fsp3) is 0.538. The molecule has 0 saturated heterocycles. The van der Waals surface area contributed by atoms with E-state index in [1.165, 1.54) is 41.3 Å². The molecule has 1 aromatic rings. The Bertz CT molecular complexity index is 417. The Morgan fingerprint density at radius 1 is 1.20 bits per heavy atom. The molecule has 0 heterocycles. The molecule has 0 unspecified atom stereocenters. The lowest BCUT2D eigenvalue weighted by Crippen LogP contribution is -2.37. The van der Waals surface area contributed by atoms with Crippen molar-refractivity contribution >= 4 is 15.9 Å². The number of rotatable bonds is 2. The molecular weight excluding hydrogens is 250 g/mol. The summed E-state index contributed by atoms with van der Waals surface area (Å²) in [5.41, 5.74) is 9.75. The highest BCUT2D eigenvalue weighted by molar-refractivity contribution is 9.10. The average molecular weight is 266 g/mol. The molecule has 0 spiro atoms. The lowest BCUT2D eigenvalue weighted by atomic mass is 9.84. The van der Waals surface area contributed by atoms with Gasteiger partial charge in [0.25, 0.3) is 0 Å². The maximum atomic E-state index is 6.41. The molecule has 0 bridgehead atoms. The topological polar surface area (TPSA) is 26.0 Å². The van der Waals surface area contributed by atoms with Crippen molar-refractivity contribution in [3.63, 3.8) is 0 Å². The van der Waals surface area contributed by atoms with Gasteiger partial charge in [-0.05, 0) is 55.9 Å². The molecule has 0 atom stereocenters. The molecule has 1 nitrogen and oxygen atoms in total. The van der Waals surface area contributed by atoms with E-state index in [2.05, 4.69) is 41.1 Å². The molecule has 2 N–H and O–H groups in total. The van der Waals surface area contributed by atoms with Crippen molar-refractivity contribution in [2.75, 3.05) is 0 Å². The monoisotopic (exact) mass is 265 g/mol. The van der Waals surface area contributed by atoms with Crippen LogP contribution in [0.2, 0.25) is 0 Å². The van der Waals surface area contributed by atoms with Crippen LogP contribution in [0.5, 0.6) is 0 Å². The normalized spacial score (nSPS) is 25.0. The van der Waals surface area contributed by atoms with E-state index in [0.29, 0.717) is 5.41 Å². The second kappa shape index (κ2) is 2.86. The highest BCUT2D eigenvalue weighted by atomic mass is 79.9. The van der Waals surface area contributed by atoms with Gasteiger partial charge < -0.3 is 5.73 Å². The van der Waals surface area contributed by atoms with Crippen LogP contribution < -0.4 is 5.73 Å². The molecule has 1 aromatic carbocycles. The Morgan fingerprint density at radius 3 is 2.33 bits per heavy atom. The maximum absolute atomic E-state index is 6.41. The summed E-state index contributed by atoms with van der Waals surface area (Å²) in [5, 5.41) is 0. The standard InChI is InChI=1S/C13H16BrN/c1-9-8-10(14)2-3-11(9)12(4-5-12)13(15)6-7-13/h2-3,8H,4-7,15H2,1H3. The van der Waals surface area contributed by atoms with Gasteiger partial charge in [-0.2, -0.15) is 0 Å². The molecule has 0 amide bonds. The van der Waals surface area contributed by atoms with Gasteiger partial charge in [-0.15, -0.1) is 0 Å². The van der Waals surface area contributed by atoms with Crippen LogP contribution in [0, 0.1) is 6.92 Å². The van der Waals surface area contributed by atoms with Crippen LogP contribution in [0.3, 0.4) is 0 Å². The first-order chi connectivity index (χ1) is 7.07. The van der Waals surface area contributed by atoms with Crippen molar-refractivity contribution in [2.45, 2.75) is 43.6 Å². The van der Waals surface area contributed by atoms with Crippen molar-refractivity contribution < 1.29 is 0 Å². The van der Waals surface area contributed by atoms with E-state index < -0.39 is 0 Å². The van der Waals surface area contributed by atoms with Gasteiger partial charge in [0.15, 0.2) is 0 Å². The van der Waals surface area contributed by atoms with Crippen LogP contribution in [0.1, 0.15) is 36.8 Å². The van der Waals surface area contributed by atoms with Gasteiger partial charge >= 0.3 is 0 Å². The average Bonchev–Trinajstić information content (AvgIpc) is 3.01. The SMILES string of the molecule is Cc1cc(Br)ccc1C1(C2(N)CC2)CC1. The predicted octanol–water partition coefficient (Wildman–Crippen LogP) is 3.28. The third kappa shape index (κ3) is 1.31. The fourth-order valence-electron chi connectivity index (χ4n) is 2.94. The Kier molecular flexibility index (Phi) is 1.88. The van der Waals surface area contributed by atoms with Crippen molar-refractivity contribution in [3.8, 4) is 0 Å². The largest absolute Gasteiger partial charge is 0.324 e. The molecule has 0 radical (unpaired) electrons. The molecule has 0 aliphatic heterocycles. The van der Waals surface area contributed by atoms with E-state index in [0.717, 1.165) is 0 Å². The number of benzene rings is 1. The highest BCUT2D eigenvalue weighted by Gasteiger charge is 2.64. The number of halogens is 1. The lowest BCUT2D eigenvalue weighted by molar-refractivity contribution is 0.501. The number of nitrogens with two attached hydrogens (primary N) is 1. The van der Waals surface area contributed by atoms with Crippen molar-refractivity contribution in [1.29, 1.82) is 0 Å². The van der Waals surface area contributed by atoms with Gasteiger partial charge in [0.05, 0.1) is 0 Å². The summed E-state index contributed by atoms with van der Waals surface area (Å²) in [5.74, 6) is 0. The summed E-state index contributed by atoms with van der Waals surface area (Å²) in [6.45, 7) is 2.20. The smallest absolute Gasteiger partial charge is 0.0253 e. The van der Waals surface area contributed by atoms with Crippen LogP contribution >= 0.6 is 15.9 Å². The van der Waals surface area contributed by atoms with E-state index in [9.17, 15) is 0 Å². The van der Waals surface area contributed by atoms with E-state index in [1.807, 2.05) is 0 Å². The third-order valence-electron chi connectivity index (χ3n) is 4.20. The fourth-order valence-corrected chi connectivity index (χ4v) is 3.41. The minimum absolute atomic E-state index is 0.131. The molecule has 2 aliphatic rings. The van der Waals surface area contributed by atoms with Crippen LogP contribution in [-0.2, 0) is 5.41 Å².